The van der Waals surface area contributed by atoms with E-state index in [0.717, 1.165) is 0 Å². The first-order chi connectivity index (χ1) is 3.27. The van der Waals surface area contributed by atoms with Crippen LogP contribution in [-0.4, -0.2) is 12.3 Å². The largest absolute Gasteiger partial charge is 0.251 e. The molecule has 0 unspecified atom stereocenters. The first kappa shape index (κ1) is 7.27. The van der Waals surface area contributed by atoms with Gasteiger partial charge in [-0.2, -0.15) is 0 Å². The molecule has 2 nitrogen and oxygen atoms in total. The summed E-state index contributed by atoms with van der Waals surface area (Å²) in [7, 11) is 1.86. The molecule has 0 amide bonds. The molecule has 2 N–H and O–H groups in total. The number of rotatable bonds is 3. The molecule has 0 fully saturated rings. The van der Waals surface area contributed by atoms with Crippen molar-refractivity contribution in [3.8, 4) is 0 Å². The van der Waals surface area contributed by atoms with E-state index in [2.05, 4.69) is 24.1 Å². The maximum atomic E-state index is 2.91. The van der Waals surface area contributed by atoms with Gasteiger partial charge in [0.25, 0.3) is 0 Å². The molecule has 3 heteroatoms. The topological polar surface area (TPSA) is 24.1 Å². The molecule has 0 rings (SSSR count). The Balaban J connectivity index is 2.68. The van der Waals surface area contributed by atoms with Gasteiger partial charge in [-0.1, -0.05) is 25.8 Å². The van der Waals surface area contributed by atoms with E-state index in [1.807, 2.05) is 7.05 Å². The summed E-state index contributed by atoms with van der Waals surface area (Å²) in [4.78, 5) is 2.91. The third-order valence-corrected chi connectivity index (χ3v) is 1.19. The number of hydrazine groups is 1. The molecule has 0 bridgehead atoms. The lowest BCUT2D eigenvalue weighted by Crippen LogP contribution is -2.21. The summed E-state index contributed by atoms with van der Waals surface area (Å²) in [6.45, 7) is 4.27. The van der Waals surface area contributed by atoms with Gasteiger partial charge in [-0.3, -0.25) is 5.43 Å². The third kappa shape index (κ3) is 6.27. The Morgan fingerprint density at radius 1 is 1.43 bits per heavy atom. The fourth-order valence-corrected chi connectivity index (χ4v) is 0.530. The zero-order chi connectivity index (χ0) is 5.70. The highest BCUT2D eigenvalue weighted by molar-refractivity contribution is 7.97. The molecule has 0 aromatic heterocycles. The van der Waals surface area contributed by atoms with Gasteiger partial charge in [-0.05, 0) is 7.05 Å². The van der Waals surface area contributed by atoms with E-state index in [1.54, 1.807) is 11.9 Å². The minimum atomic E-state index is 0.646. The SMILES string of the molecule is CNNSC(C)C. The number of nitrogens with one attached hydrogen (secondary N) is 2. The molecule has 0 spiro atoms. The van der Waals surface area contributed by atoms with Gasteiger partial charge in [0.1, 0.15) is 0 Å². The van der Waals surface area contributed by atoms with Crippen LogP contribution in [0.4, 0.5) is 0 Å². The second-order valence-corrected chi connectivity index (χ2v) is 2.90. The molecule has 0 aliphatic carbocycles. The first-order valence-electron chi connectivity index (χ1n) is 2.34. The minimum Gasteiger partial charge on any atom is -0.251 e. The van der Waals surface area contributed by atoms with Crippen LogP contribution < -0.4 is 10.3 Å². The molecule has 0 aliphatic rings. The Morgan fingerprint density at radius 3 is 2.14 bits per heavy atom. The highest BCUT2D eigenvalue weighted by Gasteiger charge is 1.87. The van der Waals surface area contributed by atoms with Crippen LogP contribution in [-0.2, 0) is 0 Å². The molecule has 0 aliphatic heterocycles. The van der Waals surface area contributed by atoms with Crippen LogP contribution in [0.25, 0.3) is 0 Å². The van der Waals surface area contributed by atoms with E-state index < -0.39 is 0 Å². The minimum absolute atomic E-state index is 0.646. The fraction of sp³-hybridized carbons (Fsp3) is 1.00. The van der Waals surface area contributed by atoms with Gasteiger partial charge in [0.05, 0.1) is 0 Å². The van der Waals surface area contributed by atoms with Gasteiger partial charge in [0.15, 0.2) is 0 Å². The predicted octanol–water partition coefficient (Wildman–Crippen LogP) is 0.767. The molecular weight excluding hydrogens is 108 g/mol. The van der Waals surface area contributed by atoms with Crippen LogP contribution >= 0.6 is 11.9 Å². The molecule has 0 aromatic carbocycles. The average Bonchev–Trinajstić information content (AvgIpc) is 1.61. The van der Waals surface area contributed by atoms with Crippen LogP contribution in [0.2, 0.25) is 0 Å². The normalized spacial score (nSPS) is 10.3. The predicted molar refractivity (Wildman–Crippen MR) is 34.9 cm³/mol. The maximum absolute atomic E-state index is 2.91. The van der Waals surface area contributed by atoms with E-state index in [1.165, 1.54) is 0 Å². The lowest BCUT2D eigenvalue weighted by atomic mass is 10.6. The second-order valence-electron chi connectivity index (χ2n) is 1.52. The van der Waals surface area contributed by atoms with E-state index in [0.29, 0.717) is 5.25 Å². The molecule has 0 aromatic rings. The van der Waals surface area contributed by atoms with E-state index in [4.69, 9.17) is 0 Å². The second kappa shape index (κ2) is 4.43. The lowest BCUT2D eigenvalue weighted by molar-refractivity contribution is 0.811. The van der Waals surface area contributed by atoms with Gasteiger partial charge in [0.2, 0.25) is 0 Å². The van der Waals surface area contributed by atoms with E-state index >= 15 is 0 Å². The van der Waals surface area contributed by atoms with Crippen LogP contribution in [0.3, 0.4) is 0 Å². The molecule has 0 saturated heterocycles. The Bertz CT molecular complexity index is 38.7. The summed E-state index contributed by atoms with van der Waals surface area (Å²) in [5, 5.41) is 0.646. The van der Waals surface area contributed by atoms with Crippen molar-refractivity contribution in [2.75, 3.05) is 7.05 Å². The van der Waals surface area contributed by atoms with E-state index in [9.17, 15) is 0 Å². The Labute approximate surface area is 49.2 Å². The van der Waals surface area contributed by atoms with Crippen LogP contribution in [0.5, 0.6) is 0 Å². The van der Waals surface area contributed by atoms with Crippen molar-refractivity contribution in [1.29, 1.82) is 0 Å². The summed E-state index contributed by atoms with van der Waals surface area (Å²) in [5.74, 6) is 0. The van der Waals surface area contributed by atoms with Crippen molar-refractivity contribution in [3.63, 3.8) is 0 Å². The van der Waals surface area contributed by atoms with Crippen molar-refractivity contribution < 1.29 is 0 Å². The molecule has 0 radical (unpaired) electrons. The van der Waals surface area contributed by atoms with Gasteiger partial charge in [0, 0.05) is 5.25 Å². The molecule has 0 atom stereocenters. The van der Waals surface area contributed by atoms with Crippen molar-refractivity contribution in [3.05, 3.63) is 0 Å². The lowest BCUT2D eigenvalue weighted by Gasteiger charge is -2.02. The summed E-state index contributed by atoms with van der Waals surface area (Å²) in [6, 6.07) is 0. The molecule has 44 valence electrons. The van der Waals surface area contributed by atoms with Crippen molar-refractivity contribution in [2.45, 2.75) is 19.1 Å². The quantitative estimate of drug-likeness (QED) is 0.425. The van der Waals surface area contributed by atoms with Crippen molar-refractivity contribution >= 4 is 11.9 Å². The maximum Gasteiger partial charge on any atom is 0.0148 e. The summed E-state index contributed by atoms with van der Waals surface area (Å²) < 4.78 is 0. The standard InChI is InChI=1S/C4H12N2S/c1-4(2)7-6-5-3/h4-6H,1-3H3. The first-order valence-corrected chi connectivity index (χ1v) is 3.22. The average molecular weight is 120 g/mol. The van der Waals surface area contributed by atoms with Gasteiger partial charge >= 0.3 is 0 Å². The summed E-state index contributed by atoms with van der Waals surface area (Å²) >= 11 is 1.67. The highest BCUT2D eigenvalue weighted by Crippen LogP contribution is 1.99. The third-order valence-electron chi connectivity index (χ3n) is 0.397. The van der Waals surface area contributed by atoms with Crippen molar-refractivity contribution in [2.24, 2.45) is 0 Å². The molecule has 0 saturated carbocycles. The molecule has 7 heavy (non-hydrogen) atoms. The van der Waals surface area contributed by atoms with Crippen LogP contribution in [0.1, 0.15) is 13.8 Å². The highest BCUT2D eigenvalue weighted by atomic mass is 32.2. The van der Waals surface area contributed by atoms with Gasteiger partial charge in [-0.25, -0.2) is 4.83 Å². The summed E-state index contributed by atoms with van der Waals surface area (Å²) in [5.41, 5.74) is 2.81. The Kier molecular flexibility index (Phi) is 4.60. The molecular formula is C4H12N2S. The zero-order valence-electron chi connectivity index (χ0n) is 4.99. The monoisotopic (exact) mass is 120 g/mol. The Hall–Kier alpha value is 0.270. The smallest absolute Gasteiger partial charge is 0.0148 e. The number of hydrogen-bond donors (Lipinski definition) is 2. The molecule has 0 heterocycles. The van der Waals surface area contributed by atoms with Gasteiger partial charge < -0.3 is 0 Å². The summed E-state index contributed by atoms with van der Waals surface area (Å²) in [6.07, 6.45) is 0. The zero-order valence-corrected chi connectivity index (χ0v) is 5.80. The number of hydrogen-bond acceptors (Lipinski definition) is 3. The van der Waals surface area contributed by atoms with Crippen molar-refractivity contribution in [1.82, 2.24) is 10.3 Å². The van der Waals surface area contributed by atoms with Crippen LogP contribution in [0, 0.1) is 0 Å². The van der Waals surface area contributed by atoms with E-state index in [-0.39, 0.29) is 0 Å². The van der Waals surface area contributed by atoms with Gasteiger partial charge in [-0.15, -0.1) is 0 Å². The Morgan fingerprint density at radius 2 is 2.00 bits per heavy atom. The fourth-order valence-electron chi connectivity index (χ4n) is 0.177. The van der Waals surface area contributed by atoms with Crippen LogP contribution in [0.15, 0.2) is 0 Å².